The number of hydrogen-bond donors (Lipinski definition) is 1. The van der Waals surface area contributed by atoms with Crippen molar-refractivity contribution < 1.29 is 4.74 Å². The Morgan fingerprint density at radius 3 is 2.94 bits per heavy atom. The maximum atomic E-state index is 6.03. The molecule has 0 amide bonds. The van der Waals surface area contributed by atoms with Gasteiger partial charge in [-0.25, -0.2) is 0 Å². The molecule has 0 bridgehead atoms. The molecule has 0 spiro atoms. The number of hydrogen-bond acceptors (Lipinski definition) is 2. The molecule has 0 radical (unpaired) electrons. The van der Waals surface area contributed by atoms with Crippen LogP contribution in [0.5, 0.6) is 0 Å². The standard InChI is InChI=1S/C14H18ClNO/c1-3-17-10(2)14-7-4-12(15)8-11(14)9-16-13-5-6-13/h4,7-8,13,16H,2-3,5-6,9H2,1H3. The fraction of sp³-hybridized carbons (Fsp3) is 0.429. The monoisotopic (exact) mass is 251 g/mol. The van der Waals surface area contributed by atoms with Crippen molar-refractivity contribution in [2.24, 2.45) is 0 Å². The van der Waals surface area contributed by atoms with Crippen LogP contribution in [0.1, 0.15) is 30.9 Å². The Kier molecular flexibility index (Phi) is 4.08. The summed E-state index contributed by atoms with van der Waals surface area (Å²) in [5.41, 5.74) is 2.20. The van der Waals surface area contributed by atoms with Gasteiger partial charge in [0.2, 0.25) is 0 Å². The Morgan fingerprint density at radius 2 is 2.29 bits per heavy atom. The van der Waals surface area contributed by atoms with Crippen LogP contribution in [0.2, 0.25) is 5.02 Å². The number of ether oxygens (including phenoxy) is 1. The highest BCUT2D eigenvalue weighted by Gasteiger charge is 2.20. The van der Waals surface area contributed by atoms with Crippen molar-refractivity contribution >= 4 is 17.4 Å². The minimum atomic E-state index is 0.636. The van der Waals surface area contributed by atoms with Crippen LogP contribution >= 0.6 is 11.6 Å². The molecule has 1 saturated carbocycles. The van der Waals surface area contributed by atoms with Gasteiger partial charge in [0.15, 0.2) is 0 Å². The van der Waals surface area contributed by atoms with E-state index in [1.54, 1.807) is 0 Å². The second-order valence-corrected chi connectivity index (χ2v) is 4.75. The molecule has 1 aliphatic rings. The zero-order valence-corrected chi connectivity index (χ0v) is 10.9. The largest absolute Gasteiger partial charge is 0.494 e. The Balaban J connectivity index is 2.13. The van der Waals surface area contributed by atoms with Crippen molar-refractivity contribution in [2.75, 3.05) is 6.61 Å². The van der Waals surface area contributed by atoms with Crippen molar-refractivity contribution in [3.63, 3.8) is 0 Å². The lowest BCUT2D eigenvalue weighted by Crippen LogP contribution is -2.16. The van der Waals surface area contributed by atoms with E-state index in [0.29, 0.717) is 12.6 Å². The number of rotatable bonds is 6. The van der Waals surface area contributed by atoms with Gasteiger partial charge < -0.3 is 10.1 Å². The predicted octanol–water partition coefficient (Wildman–Crippen LogP) is 3.60. The second-order valence-electron chi connectivity index (χ2n) is 4.31. The molecule has 1 aromatic rings. The summed E-state index contributed by atoms with van der Waals surface area (Å²) in [4.78, 5) is 0. The first kappa shape index (κ1) is 12.5. The molecule has 2 rings (SSSR count). The molecule has 92 valence electrons. The smallest absolute Gasteiger partial charge is 0.119 e. The minimum absolute atomic E-state index is 0.636. The van der Waals surface area contributed by atoms with E-state index in [4.69, 9.17) is 16.3 Å². The molecule has 0 aliphatic heterocycles. The van der Waals surface area contributed by atoms with Crippen LogP contribution in [0.3, 0.4) is 0 Å². The third-order valence-corrected chi connectivity index (χ3v) is 3.08. The SMILES string of the molecule is C=C(OCC)c1ccc(Cl)cc1CNC1CC1. The number of benzene rings is 1. The lowest BCUT2D eigenvalue weighted by molar-refractivity contribution is 0.298. The summed E-state index contributed by atoms with van der Waals surface area (Å²) in [5.74, 6) is 0.719. The summed E-state index contributed by atoms with van der Waals surface area (Å²) in [6, 6.07) is 6.52. The molecule has 0 heterocycles. The minimum Gasteiger partial charge on any atom is -0.494 e. The van der Waals surface area contributed by atoms with E-state index in [2.05, 4.69) is 11.9 Å². The number of halogens is 1. The van der Waals surface area contributed by atoms with Gasteiger partial charge in [-0.15, -0.1) is 0 Å². The van der Waals surface area contributed by atoms with Crippen LogP contribution in [0.4, 0.5) is 0 Å². The normalized spacial score (nSPS) is 14.7. The van der Waals surface area contributed by atoms with Crippen molar-refractivity contribution in [1.29, 1.82) is 0 Å². The summed E-state index contributed by atoms with van der Waals surface area (Å²) < 4.78 is 5.47. The van der Waals surface area contributed by atoms with Crippen molar-refractivity contribution in [2.45, 2.75) is 32.4 Å². The fourth-order valence-electron chi connectivity index (χ4n) is 1.77. The lowest BCUT2D eigenvalue weighted by atomic mass is 10.1. The number of nitrogens with one attached hydrogen (secondary N) is 1. The van der Waals surface area contributed by atoms with Crippen LogP contribution in [0.15, 0.2) is 24.8 Å². The molecule has 0 atom stereocenters. The van der Waals surface area contributed by atoms with E-state index in [1.165, 1.54) is 12.8 Å². The van der Waals surface area contributed by atoms with Gasteiger partial charge in [0.1, 0.15) is 5.76 Å². The molecule has 17 heavy (non-hydrogen) atoms. The third kappa shape index (κ3) is 3.48. The van der Waals surface area contributed by atoms with Crippen molar-refractivity contribution in [3.8, 4) is 0 Å². The molecular formula is C14H18ClNO. The first-order chi connectivity index (χ1) is 8.20. The van der Waals surface area contributed by atoms with Gasteiger partial charge >= 0.3 is 0 Å². The molecular weight excluding hydrogens is 234 g/mol. The summed E-state index contributed by atoms with van der Waals surface area (Å²) in [6.45, 7) is 7.38. The molecule has 0 saturated heterocycles. The quantitative estimate of drug-likeness (QED) is 0.780. The van der Waals surface area contributed by atoms with Crippen LogP contribution < -0.4 is 5.32 Å². The van der Waals surface area contributed by atoms with Gasteiger partial charge in [-0.1, -0.05) is 18.2 Å². The molecule has 0 aromatic heterocycles. The van der Waals surface area contributed by atoms with Gasteiger partial charge in [-0.3, -0.25) is 0 Å². The highest BCUT2D eigenvalue weighted by molar-refractivity contribution is 6.30. The zero-order chi connectivity index (χ0) is 12.3. The first-order valence-electron chi connectivity index (χ1n) is 6.04. The molecule has 1 fully saturated rings. The van der Waals surface area contributed by atoms with Crippen LogP contribution in [-0.4, -0.2) is 12.6 Å². The third-order valence-electron chi connectivity index (χ3n) is 2.84. The van der Waals surface area contributed by atoms with Gasteiger partial charge in [-0.05, 0) is 43.5 Å². The summed E-state index contributed by atoms with van der Waals surface area (Å²) >= 11 is 6.03. The molecule has 1 N–H and O–H groups in total. The topological polar surface area (TPSA) is 21.3 Å². The molecule has 2 nitrogen and oxygen atoms in total. The Morgan fingerprint density at radius 1 is 1.53 bits per heavy atom. The predicted molar refractivity (Wildman–Crippen MR) is 72.0 cm³/mol. The Labute approximate surface area is 108 Å². The maximum absolute atomic E-state index is 6.03. The first-order valence-corrected chi connectivity index (χ1v) is 6.42. The maximum Gasteiger partial charge on any atom is 0.119 e. The summed E-state index contributed by atoms with van der Waals surface area (Å²) in [5, 5.41) is 4.24. The van der Waals surface area contributed by atoms with E-state index < -0.39 is 0 Å². The second kappa shape index (κ2) is 5.56. The average Bonchev–Trinajstić information content (AvgIpc) is 3.10. The van der Waals surface area contributed by atoms with Crippen LogP contribution in [0.25, 0.3) is 5.76 Å². The van der Waals surface area contributed by atoms with E-state index in [9.17, 15) is 0 Å². The highest BCUT2D eigenvalue weighted by Crippen LogP contribution is 2.25. The lowest BCUT2D eigenvalue weighted by Gasteiger charge is -2.13. The van der Waals surface area contributed by atoms with Gasteiger partial charge in [-0.2, -0.15) is 0 Å². The van der Waals surface area contributed by atoms with Crippen molar-refractivity contribution in [1.82, 2.24) is 5.32 Å². The zero-order valence-electron chi connectivity index (χ0n) is 10.1. The Hall–Kier alpha value is -0.990. The fourth-order valence-corrected chi connectivity index (χ4v) is 1.97. The van der Waals surface area contributed by atoms with Gasteiger partial charge in [0, 0.05) is 23.2 Å². The van der Waals surface area contributed by atoms with E-state index >= 15 is 0 Å². The van der Waals surface area contributed by atoms with Gasteiger partial charge in [0.25, 0.3) is 0 Å². The van der Waals surface area contributed by atoms with Crippen molar-refractivity contribution in [3.05, 3.63) is 40.9 Å². The summed E-state index contributed by atoms with van der Waals surface area (Å²) in [6.07, 6.45) is 2.56. The van der Waals surface area contributed by atoms with Gasteiger partial charge in [0.05, 0.1) is 6.61 Å². The van der Waals surface area contributed by atoms with E-state index in [-0.39, 0.29) is 0 Å². The van der Waals surface area contributed by atoms with E-state index in [0.717, 1.165) is 28.5 Å². The van der Waals surface area contributed by atoms with Crippen LogP contribution in [-0.2, 0) is 11.3 Å². The van der Waals surface area contributed by atoms with Crippen LogP contribution in [0, 0.1) is 0 Å². The van der Waals surface area contributed by atoms with E-state index in [1.807, 2.05) is 25.1 Å². The Bertz CT molecular complexity index is 413. The highest BCUT2D eigenvalue weighted by atomic mass is 35.5. The molecule has 0 unspecified atom stereocenters. The summed E-state index contributed by atoms with van der Waals surface area (Å²) in [7, 11) is 0. The molecule has 1 aromatic carbocycles. The molecule has 1 aliphatic carbocycles. The molecule has 3 heteroatoms. The average molecular weight is 252 g/mol.